The van der Waals surface area contributed by atoms with Crippen molar-refractivity contribution in [2.75, 3.05) is 26.6 Å². The number of benzene rings is 2. The van der Waals surface area contributed by atoms with E-state index in [2.05, 4.69) is 4.84 Å². The Morgan fingerprint density at radius 1 is 0.895 bits per heavy atom. The van der Waals surface area contributed by atoms with E-state index in [-0.39, 0.29) is 61.0 Å². The number of rotatable bonds is 15. The maximum absolute atomic E-state index is 12.5. The molecule has 2 aromatic rings. The zero-order valence-corrected chi connectivity index (χ0v) is 20.4. The number of para-hydroxylation sites is 1. The van der Waals surface area contributed by atoms with Gasteiger partial charge in [-0.3, -0.25) is 9.59 Å². The lowest BCUT2D eigenvalue weighted by atomic mass is 10.2. The molecule has 0 saturated heterocycles. The topological polar surface area (TPSA) is 193 Å². The Bertz CT molecular complexity index is 1150. The molecule has 0 aliphatic heterocycles. The molecule has 0 spiro atoms. The second-order valence-corrected chi connectivity index (χ2v) is 7.36. The van der Waals surface area contributed by atoms with Gasteiger partial charge in [-0.25, -0.2) is 9.59 Å². The Labute approximate surface area is 216 Å². The highest BCUT2D eigenvalue weighted by Gasteiger charge is 2.18. The van der Waals surface area contributed by atoms with Crippen molar-refractivity contribution in [2.45, 2.75) is 26.2 Å². The number of nitrogens with two attached hydrogens (primary N) is 1. The Kier molecular flexibility index (Phi) is 12.0. The van der Waals surface area contributed by atoms with Crippen LogP contribution in [0.5, 0.6) is 17.2 Å². The predicted octanol–water partition coefficient (Wildman–Crippen LogP) is 2.20. The first-order valence-electron chi connectivity index (χ1n) is 11.3. The van der Waals surface area contributed by atoms with Crippen LogP contribution in [0.15, 0.2) is 42.5 Å². The molecule has 2 rings (SSSR count). The summed E-state index contributed by atoms with van der Waals surface area (Å²) < 4.78 is 25.7. The zero-order chi connectivity index (χ0) is 27.9. The summed E-state index contributed by atoms with van der Waals surface area (Å²) in [5, 5.41) is 9.29. The molecule has 0 amide bonds. The summed E-state index contributed by atoms with van der Waals surface area (Å²) in [6.45, 7) is 0.481. The average molecular weight is 534 g/mol. The van der Waals surface area contributed by atoms with Crippen LogP contribution in [-0.2, 0) is 23.9 Å². The fourth-order valence-electron chi connectivity index (χ4n) is 2.81. The summed E-state index contributed by atoms with van der Waals surface area (Å²) in [4.78, 5) is 62.6. The van der Waals surface area contributed by atoms with Crippen LogP contribution in [0, 0.1) is 10.1 Å². The van der Waals surface area contributed by atoms with Crippen LogP contribution < -0.4 is 19.9 Å². The Hall–Kier alpha value is -4.72. The zero-order valence-electron chi connectivity index (χ0n) is 20.4. The van der Waals surface area contributed by atoms with Crippen molar-refractivity contribution in [3.63, 3.8) is 0 Å². The smallest absolute Gasteiger partial charge is 0.344 e. The first-order chi connectivity index (χ1) is 18.2. The molecule has 2 aromatic carbocycles. The second-order valence-electron chi connectivity index (χ2n) is 7.36. The van der Waals surface area contributed by atoms with E-state index in [1.165, 1.54) is 43.3 Å². The summed E-state index contributed by atoms with van der Waals surface area (Å²) in [5.74, 6) is -3.07. The number of hydrogen-bond donors (Lipinski definition) is 1. The highest BCUT2D eigenvalue weighted by molar-refractivity contribution is 5.94. The SMILES string of the molecule is CC(=O)Oc1ccccc1C(=O)OCOC(=O)c1ccc(OCCCO[N+](=O)[O-])c(OC(=O)CCCN)c1. The number of carbonyl (C=O) groups is 4. The van der Waals surface area contributed by atoms with Crippen molar-refractivity contribution < 1.29 is 52.8 Å². The van der Waals surface area contributed by atoms with E-state index in [9.17, 15) is 29.3 Å². The van der Waals surface area contributed by atoms with Crippen molar-refractivity contribution in [1.82, 2.24) is 0 Å². The van der Waals surface area contributed by atoms with Crippen LogP contribution in [0.25, 0.3) is 0 Å². The van der Waals surface area contributed by atoms with Gasteiger partial charge in [0.05, 0.1) is 18.8 Å². The van der Waals surface area contributed by atoms with Crippen LogP contribution in [0.4, 0.5) is 0 Å². The molecule has 0 atom stereocenters. The fraction of sp³-hybridized carbons (Fsp3) is 0.333. The van der Waals surface area contributed by atoms with Crippen LogP contribution in [0.2, 0.25) is 0 Å². The lowest BCUT2D eigenvalue weighted by Gasteiger charge is -2.13. The van der Waals surface area contributed by atoms with Gasteiger partial charge >= 0.3 is 23.9 Å². The third-order valence-electron chi connectivity index (χ3n) is 4.47. The normalized spacial score (nSPS) is 10.2. The molecule has 0 bridgehead atoms. The molecule has 0 saturated carbocycles. The van der Waals surface area contributed by atoms with Crippen molar-refractivity contribution >= 4 is 23.9 Å². The standard InChI is InChI=1S/C24H26N2O12/c1-16(27)37-19-7-3-2-6-18(19)24(30)35-15-34-23(29)17-9-10-20(33-12-5-13-36-26(31)32)21(14-17)38-22(28)8-4-11-25/h2-3,6-7,9-10,14H,4-5,8,11-13,15,25H2,1H3. The van der Waals surface area contributed by atoms with E-state index < -0.39 is 35.8 Å². The number of carbonyl (C=O) groups excluding carboxylic acids is 4. The van der Waals surface area contributed by atoms with Gasteiger partial charge in [0.1, 0.15) is 11.3 Å². The Morgan fingerprint density at radius 2 is 1.63 bits per heavy atom. The molecular weight excluding hydrogens is 508 g/mol. The van der Waals surface area contributed by atoms with Crippen molar-refractivity contribution in [3.05, 3.63) is 63.7 Å². The first-order valence-corrected chi connectivity index (χ1v) is 11.3. The first kappa shape index (κ1) is 29.5. The van der Waals surface area contributed by atoms with Gasteiger partial charge in [-0.2, -0.15) is 0 Å². The average Bonchev–Trinajstić information content (AvgIpc) is 2.87. The third kappa shape index (κ3) is 10.1. The van der Waals surface area contributed by atoms with Gasteiger partial charge in [-0.05, 0) is 43.3 Å². The number of ether oxygens (including phenoxy) is 5. The van der Waals surface area contributed by atoms with Gasteiger partial charge in [0, 0.05) is 19.8 Å². The largest absolute Gasteiger partial charge is 0.490 e. The number of esters is 4. The van der Waals surface area contributed by atoms with Gasteiger partial charge in [-0.1, -0.05) is 12.1 Å². The van der Waals surface area contributed by atoms with Gasteiger partial charge in [0.25, 0.3) is 5.09 Å². The third-order valence-corrected chi connectivity index (χ3v) is 4.47. The number of hydrogen-bond acceptors (Lipinski definition) is 13. The summed E-state index contributed by atoms with van der Waals surface area (Å²) in [6, 6.07) is 9.73. The molecule has 2 N–H and O–H groups in total. The van der Waals surface area contributed by atoms with Crippen LogP contribution in [-0.4, -0.2) is 55.5 Å². The van der Waals surface area contributed by atoms with E-state index in [0.717, 1.165) is 0 Å². The molecule has 0 heterocycles. The molecule has 204 valence electrons. The molecule has 14 heteroatoms. The van der Waals surface area contributed by atoms with Crippen LogP contribution >= 0.6 is 0 Å². The molecule has 0 aromatic heterocycles. The molecule has 0 aliphatic rings. The summed E-state index contributed by atoms with van der Waals surface area (Å²) >= 11 is 0. The van der Waals surface area contributed by atoms with E-state index in [4.69, 9.17) is 29.4 Å². The molecule has 0 fully saturated rings. The molecule has 0 aliphatic carbocycles. The Balaban J connectivity index is 2.03. The molecular formula is C24H26N2O12. The minimum atomic E-state index is -0.930. The van der Waals surface area contributed by atoms with E-state index in [1.54, 1.807) is 6.07 Å². The van der Waals surface area contributed by atoms with Crippen molar-refractivity contribution in [3.8, 4) is 17.2 Å². The lowest BCUT2D eigenvalue weighted by Crippen LogP contribution is -2.15. The van der Waals surface area contributed by atoms with Gasteiger partial charge < -0.3 is 34.3 Å². The second kappa shape index (κ2) is 15.4. The van der Waals surface area contributed by atoms with E-state index in [1.807, 2.05) is 0 Å². The lowest BCUT2D eigenvalue weighted by molar-refractivity contribution is -0.757. The van der Waals surface area contributed by atoms with Gasteiger partial charge in [0.15, 0.2) is 11.5 Å². The molecule has 14 nitrogen and oxygen atoms in total. The molecule has 38 heavy (non-hydrogen) atoms. The maximum atomic E-state index is 12.5. The number of nitrogens with zero attached hydrogens (tertiary/aromatic N) is 1. The Morgan fingerprint density at radius 3 is 2.34 bits per heavy atom. The minimum absolute atomic E-state index is 0.00421. The molecule has 0 unspecified atom stereocenters. The monoisotopic (exact) mass is 534 g/mol. The summed E-state index contributed by atoms with van der Waals surface area (Å²) in [5.41, 5.74) is 5.31. The van der Waals surface area contributed by atoms with E-state index in [0.29, 0.717) is 6.42 Å². The van der Waals surface area contributed by atoms with Gasteiger partial charge in [-0.15, -0.1) is 10.1 Å². The van der Waals surface area contributed by atoms with Crippen molar-refractivity contribution in [2.24, 2.45) is 5.73 Å². The van der Waals surface area contributed by atoms with Crippen molar-refractivity contribution in [1.29, 1.82) is 0 Å². The van der Waals surface area contributed by atoms with Gasteiger partial charge in [0.2, 0.25) is 6.79 Å². The van der Waals surface area contributed by atoms with E-state index >= 15 is 0 Å². The summed E-state index contributed by atoms with van der Waals surface area (Å²) in [7, 11) is 0. The highest BCUT2D eigenvalue weighted by Crippen LogP contribution is 2.29. The minimum Gasteiger partial charge on any atom is -0.490 e. The maximum Gasteiger partial charge on any atom is 0.344 e. The predicted molar refractivity (Wildman–Crippen MR) is 127 cm³/mol. The van der Waals surface area contributed by atoms with Crippen LogP contribution in [0.1, 0.15) is 46.9 Å². The fourth-order valence-corrected chi connectivity index (χ4v) is 2.81. The summed E-state index contributed by atoms with van der Waals surface area (Å²) in [6.07, 6.45) is 0.560. The highest BCUT2D eigenvalue weighted by atomic mass is 16.9. The molecule has 0 radical (unpaired) electrons. The quantitative estimate of drug-likeness (QED) is 0.0873. The van der Waals surface area contributed by atoms with Crippen LogP contribution in [0.3, 0.4) is 0 Å².